The summed E-state index contributed by atoms with van der Waals surface area (Å²) in [5, 5.41) is 12.7. The molecule has 0 fully saturated rings. The Bertz CT molecular complexity index is 1160. The fourth-order valence-electron chi connectivity index (χ4n) is 4.16. The van der Waals surface area contributed by atoms with Crippen molar-refractivity contribution in [2.45, 2.75) is 33.4 Å². The van der Waals surface area contributed by atoms with E-state index in [9.17, 15) is 14.4 Å². The summed E-state index contributed by atoms with van der Waals surface area (Å²) >= 11 is 0. The molecule has 0 radical (unpaired) electrons. The quantitative estimate of drug-likeness (QED) is 0.679. The van der Waals surface area contributed by atoms with Gasteiger partial charge < -0.3 is 9.88 Å². The molecule has 0 spiro atoms. The van der Waals surface area contributed by atoms with Crippen LogP contribution in [0.5, 0.6) is 0 Å². The summed E-state index contributed by atoms with van der Waals surface area (Å²) in [6.45, 7) is 6.08. The molecule has 31 heavy (non-hydrogen) atoms. The molecule has 1 amide bonds. The molecule has 2 aromatic carbocycles. The highest BCUT2D eigenvalue weighted by Gasteiger charge is 2.22. The van der Waals surface area contributed by atoms with Crippen LogP contribution in [0.2, 0.25) is 0 Å². The van der Waals surface area contributed by atoms with Crippen LogP contribution < -0.4 is 5.32 Å². The zero-order valence-electron chi connectivity index (χ0n) is 17.8. The summed E-state index contributed by atoms with van der Waals surface area (Å²) in [6.07, 6.45) is 0.923. The minimum atomic E-state index is -0.293. The number of amides is 1. The first-order chi connectivity index (χ1) is 15.0. The SMILES string of the molecule is Cc1c(C#N)c(NC(=O)CN2CCc3ccccc3C2)n(Cc2ccc(F)cc2)c1C. The number of halogens is 1. The molecule has 5 nitrogen and oxygen atoms in total. The molecule has 4 rings (SSSR count). The van der Waals surface area contributed by atoms with E-state index in [2.05, 4.69) is 28.4 Å². The van der Waals surface area contributed by atoms with E-state index in [4.69, 9.17) is 0 Å². The predicted octanol–water partition coefficient (Wildman–Crippen LogP) is 4.16. The number of hydrogen-bond acceptors (Lipinski definition) is 3. The normalized spacial score (nSPS) is 13.5. The second kappa shape index (κ2) is 8.75. The van der Waals surface area contributed by atoms with Gasteiger partial charge in [0.05, 0.1) is 12.1 Å². The predicted molar refractivity (Wildman–Crippen MR) is 118 cm³/mol. The van der Waals surface area contributed by atoms with Crippen LogP contribution in [0, 0.1) is 31.0 Å². The highest BCUT2D eigenvalue weighted by atomic mass is 19.1. The van der Waals surface area contributed by atoms with Crippen molar-refractivity contribution in [1.29, 1.82) is 5.26 Å². The zero-order valence-corrected chi connectivity index (χ0v) is 17.8. The molecule has 0 saturated carbocycles. The van der Waals surface area contributed by atoms with E-state index < -0.39 is 0 Å². The summed E-state index contributed by atoms with van der Waals surface area (Å²) in [5.74, 6) is 0.0662. The average molecular weight is 417 g/mol. The summed E-state index contributed by atoms with van der Waals surface area (Å²) in [6, 6.07) is 16.8. The van der Waals surface area contributed by atoms with Gasteiger partial charge in [-0.05, 0) is 54.7 Å². The Labute approximate surface area is 181 Å². The maximum Gasteiger partial charge on any atom is 0.239 e. The molecule has 0 aliphatic carbocycles. The van der Waals surface area contributed by atoms with Gasteiger partial charge in [-0.3, -0.25) is 9.69 Å². The van der Waals surface area contributed by atoms with Crippen molar-refractivity contribution in [2.24, 2.45) is 0 Å². The van der Waals surface area contributed by atoms with Gasteiger partial charge in [0.1, 0.15) is 17.7 Å². The zero-order chi connectivity index (χ0) is 22.0. The summed E-state index contributed by atoms with van der Waals surface area (Å²) in [5.41, 5.74) is 5.70. The number of carbonyl (C=O) groups is 1. The Hall–Kier alpha value is -3.43. The van der Waals surface area contributed by atoms with Crippen molar-refractivity contribution in [3.8, 4) is 6.07 Å². The molecule has 1 aromatic heterocycles. The maximum absolute atomic E-state index is 13.3. The van der Waals surface area contributed by atoms with Gasteiger partial charge in [0, 0.05) is 25.3 Å². The lowest BCUT2D eigenvalue weighted by molar-refractivity contribution is -0.117. The van der Waals surface area contributed by atoms with Crippen LogP contribution in [-0.4, -0.2) is 28.5 Å². The van der Waals surface area contributed by atoms with E-state index in [0.717, 1.165) is 36.3 Å². The van der Waals surface area contributed by atoms with Crippen molar-refractivity contribution in [1.82, 2.24) is 9.47 Å². The van der Waals surface area contributed by atoms with Gasteiger partial charge in [-0.15, -0.1) is 0 Å². The van der Waals surface area contributed by atoms with Crippen LogP contribution in [0.4, 0.5) is 10.2 Å². The van der Waals surface area contributed by atoms with Gasteiger partial charge >= 0.3 is 0 Å². The Morgan fingerprint density at radius 2 is 1.84 bits per heavy atom. The number of benzene rings is 2. The van der Waals surface area contributed by atoms with Crippen LogP contribution in [-0.2, 0) is 24.3 Å². The maximum atomic E-state index is 13.3. The number of aromatic nitrogens is 1. The van der Waals surface area contributed by atoms with E-state index in [1.165, 1.54) is 23.3 Å². The van der Waals surface area contributed by atoms with Crippen LogP contribution in [0.15, 0.2) is 48.5 Å². The third kappa shape index (κ3) is 4.37. The fraction of sp³-hybridized carbons (Fsp3) is 0.280. The summed E-state index contributed by atoms with van der Waals surface area (Å²) < 4.78 is 15.2. The fourth-order valence-corrected chi connectivity index (χ4v) is 4.16. The van der Waals surface area contributed by atoms with Crippen molar-refractivity contribution < 1.29 is 9.18 Å². The monoisotopic (exact) mass is 416 g/mol. The molecule has 6 heteroatoms. The standard InChI is InChI=1S/C25H25FN4O/c1-17-18(2)30(14-19-7-9-22(26)10-8-19)25(23(17)13-27)28-24(31)16-29-12-11-20-5-3-4-6-21(20)15-29/h3-10H,11-12,14-16H2,1-2H3,(H,28,31). The highest BCUT2D eigenvalue weighted by Crippen LogP contribution is 2.27. The van der Waals surface area contributed by atoms with Gasteiger partial charge in [0.15, 0.2) is 0 Å². The van der Waals surface area contributed by atoms with Gasteiger partial charge in [-0.25, -0.2) is 4.39 Å². The topological polar surface area (TPSA) is 61.1 Å². The van der Waals surface area contributed by atoms with Crippen LogP contribution >= 0.6 is 0 Å². The molecule has 1 N–H and O–H groups in total. The van der Waals surface area contributed by atoms with E-state index in [0.29, 0.717) is 17.9 Å². The first-order valence-electron chi connectivity index (χ1n) is 10.4. The van der Waals surface area contributed by atoms with E-state index >= 15 is 0 Å². The number of anilines is 1. The van der Waals surface area contributed by atoms with Crippen LogP contribution in [0.3, 0.4) is 0 Å². The molecule has 2 heterocycles. The molecule has 1 aliphatic rings. The molecule has 158 valence electrons. The van der Waals surface area contributed by atoms with Gasteiger partial charge in [0.2, 0.25) is 5.91 Å². The van der Waals surface area contributed by atoms with Crippen molar-refractivity contribution >= 4 is 11.7 Å². The third-order valence-electron chi connectivity index (χ3n) is 6.03. The number of nitrogens with one attached hydrogen (secondary N) is 1. The van der Waals surface area contributed by atoms with E-state index in [-0.39, 0.29) is 18.3 Å². The lowest BCUT2D eigenvalue weighted by Gasteiger charge is -2.28. The number of nitrogens with zero attached hydrogens (tertiary/aromatic N) is 3. The molecule has 3 aromatic rings. The summed E-state index contributed by atoms with van der Waals surface area (Å²) in [7, 11) is 0. The number of fused-ring (bicyclic) bond motifs is 1. The molecular weight excluding hydrogens is 391 g/mol. The smallest absolute Gasteiger partial charge is 0.239 e. The number of hydrogen-bond donors (Lipinski definition) is 1. The molecule has 0 saturated heterocycles. The van der Waals surface area contributed by atoms with Gasteiger partial charge in [0.25, 0.3) is 0 Å². The minimum absolute atomic E-state index is 0.145. The molecule has 0 unspecified atom stereocenters. The van der Waals surface area contributed by atoms with Crippen LogP contribution in [0.1, 0.15) is 33.5 Å². The Morgan fingerprint density at radius 3 is 2.55 bits per heavy atom. The summed E-state index contributed by atoms with van der Waals surface area (Å²) in [4.78, 5) is 15.0. The lowest BCUT2D eigenvalue weighted by atomic mass is 10.00. The third-order valence-corrected chi connectivity index (χ3v) is 6.03. The molecule has 0 bridgehead atoms. The second-order valence-corrected chi connectivity index (χ2v) is 8.04. The largest absolute Gasteiger partial charge is 0.326 e. The van der Waals surface area contributed by atoms with E-state index in [1.807, 2.05) is 30.5 Å². The van der Waals surface area contributed by atoms with Gasteiger partial charge in [-0.1, -0.05) is 36.4 Å². The molecule has 0 atom stereocenters. The second-order valence-electron chi connectivity index (χ2n) is 8.04. The Kier molecular flexibility index (Phi) is 5.88. The molecule has 1 aliphatic heterocycles. The Morgan fingerprint density at radius 1 is 1.13 bits per heavy atom. The minimum Gasteiger partial charge on any atom is -0.326 e. The van der Waals surface area contributed by atoms with Crippen molar-refractivity contribution in [3.05, 3.63) is 87.9 Å². The van der Waals surface area contributed by atoms with Crippen molar-refractivity contribution in [3.63, 3.8) is 0 Å². The number of carbonyl (C=O) groups excluding carboxylic acids is 1. The first kappa shape index (κ1) is 20.8. The number of rotatable bonds is 5. The first-order valence-corrected chi connectivity index (χ1v) is 10.4. The van der Waals surface area contributed by atoms with E-state index in [1.54, 1.807) is 12.1 Å². The lowest BCUT2D eigenvalue weighted by Crippen LogP contribution is -2.37. The van der Waals surface area contributed by atoms with Crippen molar-refractivity contribution in [2.75, 3.05) is 18.4 Å². The number of nitriles is 1. The molecular formula is C25H25FN4O. The highest BCUT2D eigenvalue weighted by molar-refractivity contribution is 5.93. The Balaban J connectivity index is 1.53. The van der Waals surface area contributed by atoms with Crippen LogP contribution in [0.25, 0.3) is 0 Å². The average Bonchev–Trinajstić information content (AvgIpc) is 2.98. The van der Waals surface area contributed by atoms with Gasteiger partial charge in [-0.2, -0.15) is 5.26 Å².